The minimum atomic E-state index is -3.63. The topological polar surface area (TPSA) is 96.0 Å². The molecule has 0 bridgehead atoms. The Morgan fingerprint density at radius 1 is 0.970 bits per heavy atom. The van der Waals surface area contributed by atoms with Gasteiger partial charge in [-0.3, -0.25) is 9.59 Å². The minimum Gasteiger partial charge on any atom is -0.492 e. The lowest BCUT2D eigenvalue weighted by molar-refractivity contribution is -0.134. The van der Waals surface area contributed by atoms with Crippen LogP contribution in [0, 0.1) is 6.92 Å². The molecular formula is C23H28ClN3O5S. The first-order valence-electron chi connectivity index (χ1n) is 10.8. The number of aryl methyl sites for hydroxylation is 1. The van der Waals surface area contributed by atoms with Crippen molar-refractivity contribution < 1.29 is 22.7 Å². The minimum absolute atomic E-state index is 0.0760. The van der Waals surface area contributed by atoms with E-state index >= 15 is 0 Å². The van der Waals surface area contributed by atoms with Gasteiger partial charge in [0.1, 0.15) is 12.4 Å². The van der Waals surface area contributed by atoms with Crippen molar-refractivity contribution in [2.45, 2.75) is 24.7 Å². The Balaban J connectivity index is 1.35. The molecule has 33 heavy (non-hydrogen) atoms. The molecule has 1 fully saturated rings. The largest absolute Gasteiger partial charge is 0.492 e. The molecule has 0 radical (unpaired) electrons. The van der Waals surface area contributed by atoms with Crippen molar-refractivity contribution in [2.24, 2.45) is 0 Å². The second-order valence-corrected chi connectivity index (χ2v) is 10.1. The number of ether oxygens (including phenoxy) is 1. The molecule has 1 N–H and O–H groups in total. The third-order valence-corrected chi connectivity index (χ3v) is 7.49. The van der Waals surface area contributed by atoms with Gasteiger partial charge in [-0.1, -0.05) is 29.3 Å². The van der Waals surface area contributed by atoms with E-state index in [1.165, 1.54) is 28.6 Å². The predicted octanol–water partition coefficient (Wildman–Crippen LogP) is 2.46. The van der Waals surface area contributed by atoms with Crippen LogP contribution in [-0.4, -0.2) is 68.8 Å². The van der Waals surface area contributed by atoms with Gasteiger partial charge in [0.05, 0.1) is 11.4 Å². The van der Waals surface area contributed by atoms with Gasteiger partial charge in [0.2, 0.25) is 21.8 Å². The van der Waals surface area contributed by atoms with E-state index in [-0.39, 0.29) is 55.7 Å². The maximum atomic E-state index is 12.7. The van der Waals surface area contributed by atoms with Crippen LogP contribution in [0.5, 0.6) is 5.75 Å². The number of hydrogen-bond donors (Lipinski definition) is 1. The van der Waals surface area contributed by atoms with Crippen molar-refractivity contribution in [3.05, 3.63) is 59.1 Å². The molecule has 0 spiro atoms. The van der Waals surface area contributed by atoms with Gasteiger partial charge >= 0.3 is 0 Å². The van der Waals surface area contributed by atoms with Crippen LogP contribution >= 0.6 is 11.6 Å². The van der Waals surface area contributed by atoms with Gasteiger partial charge in [-0.25, -0.2) is 8.42 Å². The Labute approximate surface area is 199 Å². The highest BCUT2D eigenvalue weighted by Crippen LogP contribution is 2.20. The Morgan fingerprint density at radius 3 is 2.24 bits per heavy atom. The van der Waals surface area contributed by atoms with E-state index in [0.717, 1.165) is 11.3 Å². The van der Waals surface area contributed by atoms with E-state index in [1.54, 1.807) is 4.90 Å². The van der Waals surface area contributed by atoms with E-state index in [2.05, 4.69) is 5.32 Å². The first-order chi connectivity index (χ1) is 15.8. The van der Waals surface area contributed by atoms with Gasteiger partial charge in [0, 0.05) is 44.0 Å². The van der Waals surface area contributed by atoms with E-state index < -0.39 is 10.0 Å². The lowest BCUT2D eigenvalue weighted by atomic mass is 10.2. The van der Waals surface area contributed by atoms with E-state index in [1.807, 2.05) is 31.2 Å². The summed E-state index contributed by atoms with van der Waals surface area (Å²) in [6.07, 6.45) is 0.154. The van der Waals surface area contributed by atoms with E-state index in [4.69, 9.17) is 16.3 Å². The molecule has 2 aromatic rings. The summed E-state index contributed by atoms with van der Waals surface area (Å²) >= 11 is 5.83. The summed E-state index contributed by atoms with van der Waals surface area (Å²) in [5.41, 5.74) is 1.14. The summed E-state index contributed by atoms with van der Waals surface area (Å²) in [4.78, 5) is 26.2. The third-order valence-electron chi connectivity index (χ3n) is 5.32. The molecule has 1 aliphatic rings. The van der Waals surface area contributed by atoms with E-state index in [0.29, 0.717) is 18.2 Å². The smallest absolute Gasteiger partial charge is 0.243 e. The first kappa shape index (κ1) is 25.0. The standard InChI is InChI=1S/C23H28ClN3O5S/c1-18-2-6-20(7-3-18)32-17-12-25-22(28)10-11-23(29)26-13-15-27(16-14-26)33(30,31)21-8-4-19(24)5-9-21/h2-9H,10-17H2,1H3,(H,25,28). The number of sulfonamides is 1. The third kappa shape index (κ3) is 7.18. The van der Waals surface area contributed by atoms with Gasteiger partial charge in [0.15, 0.2) is 0 Å². The van der Waals surface area contributed by atoms with Crippen LogP contribution in [0.1, 0.15) is 18.4 Å². The van der Waals surface area contributed by atoms with Crippen LogP contribution in [0.4, 0.5) is 0 Å². The van der Waals surface area contributed by atoms with Gasteiger partial charge < -0.3 is 15.0 Å². The molecule has 0 atom stereocenters. The molecule has 1 aliphatic heterocycles. The van der Waals surface area contributed by atoms with Crippen LogP contribution in [0.15, 0.2) is 53.4 Å². The lowest BCUT2D eigenvalue weighted by Gasteiger charge is -2.34. The maximum absolute atomic E-state index is 12.7. The molecule has 10 heteroatoms. The number of halogens is 1. The number of benzene rings is 2. The number of piperazine rings is 1. The summed E-state index contributed by atoms with van der Waals surface area (Å²) in [5, 5.41) is 3.21. The fraction of sp³-hybridized carbons (Fsp3) is 0.391. The Bertz CT molecular complexity index is 1050. The van der Waals surface area contributed by atoms with Crippen molar-refractivity contribution >= 4 is 33.4 Å². The highest BCUT2D eigenvalue weighted by molar-refractivity contribution is 7.89. The number of amides is 2. The fourth-order valence-corrected chi connectivity index (χ4v) is 4.94. The number of carbonyl (C=O) groups excluding carboxylic acids is 2. The van der Waals surface area contributed by atoms with Gasteiger partial charge in [0.25, 0.3) is 0 Å². The van der Waals surface area contributed by atoms with Gasteiger partial charge in [-0.15, -0.1) is 0 Å². The summed E-state index contributed by atoms with van der Waals surface area (Å²) in [6, 6.07) is 13.7. The van der Waals surface area contributed by atoms with E-state index in [9.17, 15) is 18.0 Å². The second kappa shape index (κ2) is 11.5. The quantitative estimate of drug-likeness (QED) is 0.541. The van der Waals surface area contributed by atoms with Gasteiger partial charge in [-0.05, 0) is 43.3 Å². The number of hydrogen-bond acceptors (Lipinski definition) is 5. The van der Waals surface area contributed by atoms with Crippen LogP contribution in [0.25, 0.3) is 0 Å². The SMILES string of the molecule is Cc1ccc(OCCNC(=O)CCC(=O)N2CCN(S(=O)(=O)c3ccc(Cl)cc3)CC2)cc1. The number of nitrogens with one attached hydrogen (secondary N) is 1. The molecule has 2 aromatic carbocycles. The number of nitrogens with zero attached hydrogens (tertiary/aromatic N) is 2. The highest BCUT2D eigenvalue weighted by atomic mass is 35.5. The summed E-state index contributed by atoms with van der Waals surface area (Å²) < 4.78 is 32.4. The zero-order valence-corrected chi connectivity index (χ0v) is 20.1. The molecule has 1 saturated heterocycles. The zero-order chi connectivity index (χ0) is 23.8. The lowest BCUT2D eigenvalue weighted by Crippen LogP contribution is -2.50. The number of carbonyl (C=O) groups is 2. The van der Waals surface area contributed by atoms with Crippen molar-refractivity contribution in [3.8, 4) is 5.75 Å². The zero-order valence-electron chi connectivity index (χ0n) is 18.5. The molecule has 0 aliphatic carbocycles. The van der Waals surface area contributed by atoms with Gasteiger partial charge in [-0.2, -0.15) is 4.31 Å². The molecule has 3 rings (SSSR count). The average Bonchev–Trinajstić information content (AvgIpc) is 2.82. The molecule has 0 saturated carbocycles. The molecule has 8 nitrogen and oxygen atoms in total. The summed E-state index contributed by atoms with van der Waals surface area (Å²) in [7, 11) is -3.63. The second-order valence-electron chi connectivity index (χ2n) is 7.75. The van der Waals surface area contributed by atoms with Crippen molar-refractivity contribution in [1.82, 2.24) is 14.5 Å². The molecule has 0 unspecified atom stereocenters. The van der Waals surface area contributed by atoms with Crippen LogP contribution in [-0.2, 0) is 19.6 Å². The molecule has 0 aromatic heterocycles. The fourth-order valence-electron chi connectivity index (χ4n) is 3.39. The van der Waals surface area contributed by atoms with Crippen molar-refractivity contribution in [2.75, 3.05) is 39.3 Å². The molecule has 2 amide bonds. The Morgan fingerprint density at radius 2 is 1.61 bits per heavy atom. The maximum Gasteiger partial charge on any atom is 0.243 e. The van der Waals surface area contributed by atoms with Crippen LogP contribution in [0.2, 0.25) is 5.02 Å². The van der Waals surface area contributed by atoms with Crippen LogP contribution < -0.4 is 10.1 Å². The Hall–Kier alpha value is -2.62. The Kier molecular flexibility index (Phi) is 8.71. The normalized spacial score (nSPS) is 14.7. The first-order valence-corrected chi connectivity index (χ1v) is 12.6. The molecule has 178 valence electrons. The summed E-state index contributed by atoms with van der Waals surface area (Å²) in [6.45, 7) is 3.68. The average molecular weight is 494 g/mol. The monoisotopic (exact) mass is 493 g/mol. The number of rotatable bonds is 9. The molecule has 1 heterocycles. The van der Waals surface area contributed by atoms with Crippen LogP contribution in [0.3, 0.4) is 0 Å². The summed E-state index contributed by atoms with van der Waals surface area (Å²) in [5.74, 6) is 0.353. The van der Waals surface area contributed by atoms with Crippen molar-refractivity contribution in [1.29, 1.82) is 0 Å². The van der Waals surface area contributed by atoms with Crippen molar-refractivity contribution in [3.63, 3.8) is 0 Å². The predicted molar refractivity (Wildman–Crippen MR) is 126 cm³/mol. The molecular weight excluding hydrogens is 466 g/mol. The highest BCUT2D eigenvalue weighted by Gasteiger charge is 2.30.